The Morgan fingerprint density at radius 3 is 2.21 bits per heavy atom. The van der Waals surface area contributed by atoms with Crippen LogP contribution in [0.25, 0.3) is 11.1 Å². The van der Waals surface area contributed by atoms with Crippen molar-refractivity contribution in [2.45, 2.75) is 18.4 Å². The molecule has 0 saturated carbocycles. The molecule has 1 unspecified atom stereocenters. The summed E-state index contributed by atoms with van der Waals surface area (Å²) < 4.78 is 6.08. The van der Waals surface area contributed by atoms with Crippen molar-refractivity contribution >= 4 is 51.2 Å². The normalized spacial score (nSPS) is 12.9. The first-order valence-electron chi connectivity index (χ1n) is 10.4. The number of rotatable bonds is 7. The number of hydrogen-bond acceptors (Lipinski definition) is 4. The molecule has 0 aromatic heterocycles. The number of ether oxygens (including phenoxy) is 1. The number of hydrogen-bond donors (Lipinski definition) is 3. The number of fused-ring (bicyclic) bond motifs is 3. The number of halogens is 2. The van der Waals surface area contributed by atoms with Crippen LogP contribution in [-0.2, 0) is 14.3 Å². The topological polar surface area (TPSA) is 105 Å². The molecule has 0 fully saturated rings. The van der Waals surface area contributed by atoms with E-state index in [1.54, 1.807) is 12.1 Å². The van der Waals surface area contributed by atoms with Gasteiger partial charge in [-0.2, -0.15) is 0 Å². The van der Waals surface area contributed by atoms with Crippen LogP contribution in [-0.4, -0.2) is 35.7 Å². The highest BCUT2D eigenvalue weighted by atomic mass is 79.9. The molecule has 174 valence electrons. The van der Waals surface area contributed by atoms with Gasteiger partial charge in [-0.3, -0.25) is 9.59 Å². The number of aliphatic carboxylic acids is 1. The highest BCUT2D eigenvalue weighted by Gasteiger charge is 2.30. The van der Waals surface area contributed by atoms with Gasteiger partial charge in [0.2, 0.25) is 5.91 Å². The van der Waals surface area contributed by atoms with Gasteiger partial charge in [-0.25, -0.2) is 4.79 Å². The minimum absolute atomic E-state index is 0.0452. The van der Waals surface area contributed by atoms with Crippen LogP contribution in [0.5, 0.6) is 0 Å². The van der Waals surface area contributed by atoms with Crippen molar-refractivity contribution in [2.24, 2.45) is 0 Å². The summed E-state index contributed by atoms with van der Waals surface area (Å²) >= 11 is 9.30. The SMILES string of the molecule is O=C(O)CC(NC(=O)OCC1c2ccccc2-c2ccccc21)C(=O)Nc1ccc(Br)c(Cl)c1. The van der Waals surface area contributed by atoms with Crippen molar-refractivity contribution in [1.82, 2.24) is 5.32 Å². The predicted octanol–water partition coefficient (Wildman–Crippen LogP) is 5.42. The summed E-state index contributed by atoms with van der Waals surface area (Å²) in [5, 5.41) is 14.5. The Morgan fingerprint density at radius 1 is 1.00 bits per heavy atom. The molecule has 2 amide bonds. The molecule has 0 aliphatic heterocycles. The van der Waals surface area contributed by atoms with Gasteiger partial charge >= 0.3 is 12.1 Å². The van der Waals surface area contributed by atoms with Crippen LogP contribution in [0.4, 0.5) is 10.5 Å². The predicted molar refractivity (Wildman–Crippen MR) is 132 cm³/mol. The summed E-state index contributed by atoms with van der Waals surface area (Å²) in [6.45, 7) is 0.0452. The highest BCUT2D eigenvalue weighted by molar-refractivity contribution is 9.10. The van der Waals surface area contributed by atoms with Crippen molar-refractivity contribution in [3.8, 4) is 11.1 Å². The van der Waals surface area contributed by atoms with E-state index in [-0.39, 0.29) is 12.5 Å². The molecule has 3 N–H and O–H groups in total. The Morgan fingerprint density at radius 2 is 1.62 bits per heavy atom. The van der Waals surface area contributed by atoms with E-state index in [0.717, 1.165) is 22.3 Å². The average Bonchev–Trinajstić information content (AvgIpc) is 3.13. The number of nitrogens with one attached hydrogen (secondary N) is 2. The van der Waals surface area contributed by atoms with E-state index in [1.807, 2.05) is 48.5 Å². The monoisotopic (exact) mass is 542 g/mol. The third-order valence-electron chi connectivity index (χ3n) is 5.52. The van der Waals surface area contributed by atoms with Gasteiger partial charge in [0, 0.05) is 16.1 Å². The van der Waals surface area contributed by atoms with Gasteiger partial charge in [0.1, 0.15) is 12.6 Å². The summed E-state index contributed by atoms with van der Waals surface area (Å²) in [7, 11) is 0. The molecular formula is C25H20BrClN2O5. The Labute approximate surface area is 209 Å². The number of carboxylic acid groups (broad SMARTS) is 1. The van der Waals surface area contributed by atoms with Crippen LogP contribution >= 0.6 is 27.5 Å². The van der Waals surface area contributed by atoms with Gasteiger partial charge in [-0.1, -0.05) is 60.1 Å². The number of amides is 2. The maximum atomic E-state index is 12.7. The first-order valence-corrected chi connectivity index (χ1v) is 11.6. The second-order valence-electron chi connectivity index (χ2n) is 7.74. The van der Waals surface area contributed by atoms with Crippen molar-refractivity contribution in [3.63, 3.8) is 0 Å². The Hall–Kier alpha value is -3.36. The fraction of sp³-hybridized carbons (Fsp3) is 0.160. The number of benzene rings is 3. The minimum atomic E-state index is -1.34. The van der Waals surface area contributed by atoms with Crippen LogP contribution in [0.2, 0.25) is 5.02 Å². The first kappa shape index (κ1) is 23.8. The second-order valence-corrected chi connectivity index (χ2v) is 9.00. The van der Waals surface area contributed by atoms with Crippen LogP contribution in [0.3, 0.4) is 0 Å². The van der Waals surface area contributed by atoms with Crippen LogP contribution in [0, 0.1) is 0 Å². The molecule has 4 rings (SSSR count). The van der Waals surface area contributed by atoms with Gasteiger partial charge in [0.25, 0.3) is 0 Å². The summed E-state index contributed by atoms with van der Waals surface area (Å²) in [5.74, 6) is -2.10. The second kappa shape index (κ2) is 10.3. The van der Waals surface area contributed by atoms with Gasteiger partial charge in [0.05, 0.1) is 11.4 Å². The Bertz CT molecular complexity index is 1220. The fourth-order valence-electron chi connectivity index (χ4n) is 3.97. The average molecular weight is 544 g/mol. The Balaban J connectivity index is 1.43. The van der Waals surface area contributed by atoms with Crippen molar-refractivity contribution in [1.29, 1.82) is 0 Å². The maximum Gasteiger partial charge on any atom is 0.407 e. The molecule has 0 radical (unpaired) electrons. The van der Waals surface area contributed by atoms with Crippen LogP contribution < -0.4 is 10.6 Å². The van der Waals surface area contributed by atoms with E-state index < -0.39 is 30.4 Å². The van der Waals surface area contributed by atoms with Crippen LogP contribution in [0.15, 0.2) is 71.2 Å². The summed E-state index contributed by atoms with van der Waals surface area (Å²) in [5.41, 5.74) is 4.63. The van der Waals surface area contributed by atoms with E-state index in [9.17, 15) is 19.5 Å². The molecule has 0 heterocycles. The lowest BCUT2D eigenvalue weighted by Crippen LogP contribution is -2.45. The molecule has 34 heavy (non-hydrogen) atoms. The van der Waals surface area contributed by atoms with Gasteiger partial charge in [-0.05, 0) is 56.4 Å². The van der Waals surface area contributed by atoms with Crippen LogP contribution in [0.1, 0.15) is 23.5 Å². The van der Waals surface area contributed by atoms with E-state index >= 15 is 0 Å². The quantitative estimate of drug-likeness (QED) is 0.369. The van der Waals surface area contributed by atoms with Crippen molar-refractivity contribution in [3.05, 3.63) is 87.4 Å². The Kier molecular flexibility index (Phi) is 7.19. The smallest absolute Gasteiger partial charge is 0.407 e. The third kappa shape index (κ3) is 5.24. The maximum absolute atomic E-state index is 12.7. The lowest BCUT2D eigenvalue weighted by atomic mass is 9.98. The lowest BCUT2D eigenvalue weighted by Gasteiger charge is -2.19. The highest BCUT2D eigenvalue weighted by Crippen LogP contribution is 2.44. The summed E-state index contributed by atoms with van der Waals surface area (Å²) in [6, 6.07) is 19.2. The number of anilines is 1. The number of carbonyl (C=O) groups excluding carboxylic acids is 2. The third-order valence-corrected chi connectivity index (χ3v) is 6.75. The fourth-order valence-corrected chi connectivity index (χ4v) is 4.40. The standard InChI is InChI=1S/C25H20BrClN2O5/c26-20-10-9-14(11-21(20)27)28-24(32)22(12-23(30)31)29-25(33)34-13-19-17-7-3-1-5-15(17)16-6-2-4-8-18(16)19/h1-11,19,22H,12-13H2,(H,28,32)(H,29,33)(H,30,31). The minimum Gasteiger partial charge on any atom is -0.481 e. The molecule has 0 bridgehead atoms. The molecule has 0 saturated heterocycles. The zero-order chi connectivity index (χ0) is 24.2. The number of alkyl carbamates (subject to hydrolysis) is 1. The van der Waals surface area contributed by atoms with E-state index in [2.05, 4.69) is 26.6 Å². The van der Waals surface area contributed by atoms with E-state index in [0.29, 0.717) is 15.2 Å². The number of carbonyl (C=O) groups is 3. The summed E-state index contributed by atoms with van der Waals surface area (Å²) in [4.78, 5) is 36.5. The lowest BCUT2D eigenvalue weighted by molar-refractivity contribution is -0.139. The summed E-state index contributed by atoms with van der Waals surface area (Å²) in [6.07, 6.45) is -1.49. The molecule has 9 heteroatoms. The van der Waals surface area contributed by atoms with Gasteiger partial charge in [-0.15, -0.1) is 0 Å². The number of carboxylic acids is 1. The molecule has 1 atom stereocenters. The van der Waals surface area contributed by atoms with Crippen molar-refractivity contribution < 1.29 is 24.2 Å². The zero-order valence-electron chi connectivity index (χ0n) is 17.8. The van der Waals surface area contributed by atoms with E-state index in [1.165, 1.54) is 6.07 Å². The molecule has 0 spiro atoms. The molecule has 1 aliphatic carbocycles. The largest absolute Gasteiger partial charge is 0.481 e. The van der Waals surface area contributed by atoms with Gasteiger partial charge in [0.15, 0.2) is 0 Å². The molecule has 1 aliphatic rings. The molecular weight excluding hydrogens is 524 g/mol. The van der Waals surface area contributed by atoms with Crippen molar-refractivity contribution in [2.75, 3.05) is 11.9 Å². The van der Waals surface area contributed by atoms with Gasteiger partial charge < -0.3 is 20.5 Å². The molecule has 7 nitrogen and oxygen atoms in total. The first-order chi connectivity index (χ1) is 16.3. The molecule has 3 aromatic carbocycles. The zero-order valence-corrected chi connectivity index (χ0v) is 20.1. The van der Waals surface area contributed by atoms with E-state index in [4.69, 9.17) is 16.3 Å². The molecule has 3 aromatic rings.